The molecule has 2 aromatic heterocycles. The van der Waals surface area contributed by atoms with E-state index in [0.717, 1.165) is 10.6 Å². The second-order valence-electron chi connectivity index (χ2n) is 3.59. The molecule has 78 valence electrons. The van der Waals surface area contributed by atoms with Gasteiger partial charge in [-0.1, -0.05) is 0 Å². The summed E-state index contributed by atoms with van der Waals surface area (Å²) in [6.07, 6.45) is 2.45. The van der Waals surface area contributed by atoms with Crippen LogP contribution >= 0.6 is 46.1 Å². The van der Waals surface area contributed by atoms with Gasteiger partial charge in [0.1, 0.15) is 0 Å². The monoisotopic (exact) mass is 349 g/mol. The van der Waals surface area contributed by atoms with Crippen LogP contribution in [0.3, 0.4) is 0 Å². The van der Waals surface area contributed by atoms with Crippen LogP contribution in [0.15, 0.2) is 11.4 Å². The third-order valence-electron chi connectivity index (χ3n) is 2.44. The van der Waals surface area contributed by atoms with Crippen LogP contribution in [0.4, 0.5) is 0 Å². The van der Waals surface area contributed by atoms with E-state index in [0.29, 0.717) is 6.04 Å². The summed E-state index contributed by atoms with van der Waals surface area (Å²) in [7, 11) is 0. The Kier molecular flexibility index (Phi) is 2.44. The van der Waals surface area contributed by atoms with Gasteiger partial charge >= 0.3 is 0 Å². The molecular formula is C9H8IN3S2. The highest BCUT2D eigenvalue weighted by Crippen LogP contribution is 2.38. The van der Waals surface area contributed by atoms with Gasteiger partial charge in [-0.15, -0.1) is 11.3 Å². The maximum absolute atomic E-state index is 5.24. The van der Waals surface area contributed by atoms with E-state index in [-0.39, 0.29) is 0 Å². The molecule has 2 heterocycles. The first kappa shape index (κ1) is 9.98. The molecule has 0 bridgehead atoms. The van der Waals surface area contributed by atoms with Gasteiger partial charge < -0.3 is 0 Å². The zero-order chi connectivity index (χ0) is 10.4. The Hall–Kier alpha value is -0.210. The van der Waals surface area contributed by atoms with Crippen molar-refractivity contribution in [1.82, 2.24) is 14.8 Å². The van der Waals surface area contributed by atoms with E-state index in [2.05, 4.69) is 48.8 Å². The molecule has 3 nitrogen and oxygen atoms in total. The summed E-state index contributed by atoms with van der Waals surface area (Å²) in [5.41, 5.74) is 1.17. The molecule has 2 aromatic rings. The highest BCUT2D eigenvalue weighted by Gasteiger charge is 2.27. The Balaban J connectivity index is 2.15. The summed E-state index contributed by atoms with van der Waals surface area (Å²) >= 11 is 9.30. The molecule has 0 aromatic carbocycles. The summed E-state index contributed by atoms with van der Waals surface area (Å²) in [5.74, 6) is 0.988. The first-order valence-electron chi connectivity index (χ1n) is 4.67. The van der Waals surface area contributed by atoms with Crippen LogP contribution < -0.4 is 0 Å². The Morgan fingerprint density at radius 3 is 3.00 bits per heavy atom. The van der Waals surface area contributed by atoms with E-state index < -0.39 is 0 Å². The van der Waals surface area contributed by atoms with Crippen LogP contribution in [0.5, 0.6) is 0 Å². The quantitative estimate of drug-likeness (QED) is 0.664. The Morgan fingerprint density at radius 2 is 2.40 bits per heavy atom. The van der Waals surface area contributed by atoms with E-state index in [9.17, 15) is 0 Å². The summed E-state index contributed by atoms with van der Waals surface area (Å²) in [6, 6.07) is 2.72. The number of H-pyrrole nitrogens is 1. The topological polar surface area (TPSA) is 33.6 Å². The molecule has 1 fully saturated rings. The van der Waals surface area contributed by atoms with Crippen molar-refractivity contribution in [2.45, 2.75) is 18.9 Å². The highest BCUT2D eigenvalue weighted by atomic mass is 127. The predicted octanol–water partition coefficient (Wildman–Crippen LogP) is 3.61. The SMILES string of the molecule is S=c1[nH]nc(-c2csc(I)c2)n1C1CC1. The third kappa shape index (κ3) is 1.78. The van der Waals surface area contributed by atoms with E-state index in [4.69, 9.17) is 12.2 Å². The Labute approximate surface area is 110 Å². The molecule has 0 radical (unpaired) electrons. The van der Waals surface area contributed by atoms with Crippen molar-refractivity contribution in [3.8, 4) is 11.4 Å². The lowest BCUT2D eigenvalue weighted by Gasteiger charge is -2.01. The summed E-state index contributed by atoms with van der Waals surface area (Å²) in [5, 5.41) is 9.32. The number of nitrogens with one attached hydrogen (secondary N) is 1. The van der Waals surface area contributed by atoms with Crippen LogP contribution in [-0.2, 0) is 0 Å². The first-order valence-corrected chi connectivity index (χ1v) is 7.03. The maximum Gasteiger partial charge on any atom is 0.195 e. The lowest BCUT2D eigenvalue weighted by molar-refractivity contribution is 0.735. The fraction of sp³-hybridized carbons (Fsp3) is 0.333. The van der Waals surface area contributed by atoms with Crippen molar-refractivity contribution >= 4 is 46.1 Å². The van der Waals surface area contributed by atoms with Crippen molar-refractivity contribution in [2.75, 3.05) is 0 Å². The van der Waals surface area contributed by atoms with Crippen LogP contribution in [0, 0.1) is 7.65 Å². The van der Waals surface area contributed by atoms with Crippen LogP contribution in [0.25, 0.3) is 11.4 Å². The summed E-state index contributed by atoms with van der Waals surface area (Å²) in [6.45, 7) is 0. The van der Waals surface area contributed by atoms with Gasteiger partial charge in [0, 0.05) is 17.0 Å². The number of hydrogen-bond donors (Lipinski definition) is 1. The van der Waals surface area contributed by atoms with E-state index >= 15 is 0 Å². The number of nitrogens with zero attached hydrogens (tertiary/aromatic N) is 2. The molecule has 1 N–H and O–H groups in total. The summed E-state index contributed by atoms with van der Waals surface area (Å²) < 4.78 is 4.17. The summed E-state index contributed by atoms with van der Waals surface area (Å²) in [4.78, 5) is 0. The molecule has 0 aliphatic heterocycles. The number of halogens is 1. The van der Waals surface area contributed by atoms with Gasteiger partial charge in [-0.25, -0.2) is 0 Å². The number of aromatic amines is 1. The third-order valence-corrected chi connectivity index (χ3v) is 4.52. The normalized spacial score (nSPS) is 15.8. The molecule has 1 aliphatic rings. The van der Waals surface area contributed by atoms with Gasteiger partial charge in [0.15, 0.2) is 10.6 Å². The second kappa shape index (κ2) is 3.67. The molecule has 15 heavy (non-hydrogen) atoms. The van der Waals surface area contributed by atoms with E-state index in [1.165, 1.54) is 21.3 Å². The van der Waals surface area contributed by atoms with Gasteiger partial charge in [-0.3, -0.25) is 9.67 Å². The van der Waals surface area contributed by atoms with Crippen LogP contribution in [0.1, 0.15) is 18.9 Å². The van der Waals surface area contributed by atoms with Crippen LogP contribution in [0.2, 0.25) is 0 Å². The number of hydrogen-bond acceptors (Lipinski definition) is 3. The molecule has 0 atom stereocenters. The van der Waals surface area contributed by atoms with Gasteiger partial charge in [0.25, 0.3) is 0 Å². The number of rotatable bonds is 2. The van der Waals surface area contributed by atoms with Crippen LogP contribution in [-0.4, -0.2) is 14.8 Å². The smallest absolute Gasteiger partial charge is 0.195 e. The molecule has 0 spiro atoms. The zero-order valence-electron chi connectivity index (χ0n) is 7.74. The molecule has 3 rings (SSSR count). The van der Waals surface area contributed by atoms with E-state index in [1.54, 1.807) is 11.3 Å². The van der Waals surface area contributed by atoms with Gasteiger partial charge in [0.2, 0.25) is 0 Å². The molecular weight excluding hydrogens is 341 g/mol. The van der Waals surface area contributed by atoms with Crippen molar-refractivity contribution in [2.24, 2.45) is 0 Å². The Morgan fingerprint density at radius 1 is 1.60 bits per heavy atom. The minimum atomic E-state index is 0.573. The molecule has 0 amide bonds. The average Bonchev–Trinajstić information content (AvgIpc) is 2.84. The predicted molar refractivity (Wildman–Crippen MR) is 71.7 cm³/mol. The first-order chi connectivity index (χ1) is 7.25. The van der Waals surface area contributed by atoms with E-state index in [1.807, 2.05) is 0 Å². The zero-order valence-corrected chi connectivity index (χ0v) is 11.5. The standard InChI is InChI=1S/C9H8IN3S2/c10-7-3-5(4-15-7)8-11-12-9(14)13(8)6-1-2-6/h3-4,6H,1-2H2,(H,12,14). The maximum atomic E-state index is 5.24. The van der Waals surface area contributed by atoms with Gasteiger partial charge in [-0.05, 0) is 53.7 Å². The fourth-order valence-electron chi connectivity index (χ4n) is 1.61. The van der Waals surface area contributed by atoms with Crippen molar-refractivity contribution in [1.29, 1.82) is 0 Å². The van der Waals surface area contributed by atoms with Crippen molar-refractivity contribution < 1.29 is 0 Å². The molecule has 1 aliphatic carbocycles. The molecule has 0 saturated heterocycles. The van der Waals surface area contributed by atoms with Crippen molar-refractivity contribution in [3.05, 3.63) is 19.1 Å². The second-order valence-corrected chi connectivity index (χ2v) is 6.79. The molecule has 1 saturated carbocycles. The van der Waals surface area contributed by atoms with Crippen molar-refractivity contribution in [3.63, 3.8) is 0 Å². The largest absolute Gasteiger partial charge is 0.297 e. The lowest BCUT2D eigenvalue weighted by atomic mass is 10.3. The highest BCUT2D eigenvalue weighted by molar-refractivity contribution is 14.1. The average molecular weight is 349 g/mol. The number of aromatic nitrogens is 3. The fourth-order valence-corrected chi connectivity index (χ4v) is 3.21. The number of thiophene rings is 1. The molecule has 6 heteroatoms. The Bertz CT molecular complexity index is 550. The molecule has 0 unspecified atom stereocenters. The van der Waals surface area contributed by atoms with Gasteiger partial charge in [-0.2, -0.15) is 5.10 Å². The van der Waals surface area contributed by atoms with Gasteiger partial charge in [0.05, 0.1) is 2.88 Å². The lowest BCUT2D eigenvalue weighted by Crippen LogP contribution is -1.96. The minimum absolute atomic E-state index is 0.573. The minimum Gasteiger partial charge on any atom is -0.297 e.